The van der Waals surface area contributed by atoms with Gasteiger partial charge in [-0.3, -0.25) is 20.0 Å². The predicted octanol–water partition coefficient (Wildman–Crippen LogP) is 2.21. The van der Waals surface area contributed by atoms with Gasteiger partial charge in [-0.05, 0) is 17.7 Å². The van der Waals surface area contributed by atoms with Gasteiger partial charge in [-0.25, -0.2) is 0 Å². The molecule has 2 heterocycles. The molecule has 0 amide bonds. The van der Waals surface area contributed by atoms with Crippen LogP contribution in [0.5, 0.6) is 0 Å². The quantitative estimate of drug-likeness (QED) is 0.492. The first-order valence-electron chi connectivity index (χ1n) is 8.61. The third-order valence-electron chi connectivity index (χ3n) is 5.27. The predicted molar refractivity (Wildman–Crippen MR) is 102 cm³/mol. The molecular formula is C19H22N5O2+. The first-order chi connectivity index (χ1) is 12.5. The van der Waals surface area contributed by atoms with Crippen LogP contribution in [0.15, 0.2) is 48.5 Å². The van der Waals surface area contributed by atoms with Gasteiger partial charge in [0.05, 0.1) is 30.4 Å². The maximum atomic E-state index is 11.0. The van der Waals surface area contributed by atoms with Crippen LogP contribution >= 0.6 is 0 Å². The van der Waals surface area contributed by atoms with Crippen LogP contribution in [0.3, 0.4) is 0 Å². The van der Waals surface area contributed by atoms with Crippen molar-refractivity contribution in [3.05, 3.63) is 64.2 Å². The number of anilines is 2. The van der Waals surface area contributed by atoms with Crippen LogP contribution in [0, 0.1) is 10.1 Å². The Morgan fingerprint density at radius 3 is 2.38 bits per heavy atom. The van der Waals surface area contributed by atoms with Crippen molar-refractivity contribution in [2.75, 3.05) is 31.4 Å². The van der Waals surface area contributed by atoms with Crippen molar-refractivity contribution in [1.82, 2.24) is 5.32 Å². The molecule has 3 atom stereocenters. The van der Waals surface area contributed by atoms with E-state index in [0.29, 0.717) is 0 Å². The second-order valence-electron chi connectivity index (χ2n) is 6.99. The zero-order valence-electron chi connectivity index (χ0n) is 15.0. The summed E-state index contributed by atoms with van der Waals surface area (Å²) in [6.45, 7) is 0. The fourth-order valence-corrected chi connectivity index (χ4v) is 4.05. The van der Waals surface area contributed by atoms with Crippen molar-refractivity contribution in [2.24, 2.45) is 0 Å². The topological polar surface area (TPSA) is 73.4 Å². The van der Waals surface area contributed by atoms with Crippen molar-refractivity contribution < 1.29 is 9.50 Å². The van der Waals surface area contributed by atoms with E-state index in [2.05, 4.69) is 39.3 Å². The summed E-state index contributed by atoms with van der Waals surface area (Å²) in [5, 5.41) is 18.2. The van der Waals surface area contributed by atoms with E-state index in [1.54, 1.807) is 12.1 Å². The lowest BCUT2D eigenvalue weighted by Gasteiger charge is -2.38. The molecule has 7 nitrogen and oxygen atoms in total. The lowest BCUT2D eigenvalue weighted by Crippen LogP contribution is -2.51. The second kappa shape index (κ2) is 6.01. The van der Waals surface area contributed by atoms with Crippen molar-refractivity contribution >= 4 is 22.9 Å². The van der Waals surface area contributed by atoms with E-state index in [9.17, 15) is 10.1 Å². The molecule has 0 aromatic heterocycles. The Labute approximate surface area is 152 Å². The first kappa shape index (κ1) is 16.4. The van der Waals surface area contributed by atoms with E-state index in [4.69, 9.17) is 0 Å². The van der Waals surface area contributed by atoms with E-state index in [0.717, 1.165) is 22.8 Å². The molecule has 0 spiro atoms. The van der Waals surface area contributed by atoms with Gasteiger partial charge in [-0.1, -0.05) is 24.3 Å². The summed E-state index contributed by atoms with van der Waals surface area (Å²) in [4.78, 5) is 12.9. The van der Waals surface area contributed by atoms with Crippen LogP contribution in [0.2, 0.25) is 0 Å². The summed E-state index contributed by atoms with van der Waals surface area (Å²) in [6.07, 6.45) is 0.0625. The molecule has 2 aromatic carbocycles. The molecule has 4 rings (SSSR count). The summed E-state index contributed by atoms with van der Waals surface area (Å²) < 4.78 is 2.09. The van der Waals surface area contributed by atoms with Gasteiger partial charge in [0, 0.05) is 19.2 Å². The fourth-order valence-electron chi connectivity index (χ4n) is 4.05. The molecule has 2 aromatic rings. The van der Waals surface area contributed by atoms with E-state index >= 15 is 0 Å². The fraction of sp³-hybridized carbons (Fsp3) is 0.316. The first-order valence-corrected chi connectivity index (χ1v) is 8.61. The number of nitro groups is 1. The molecule has 0 aliphatic carbocycles. The lowest BCUT2D eigenvalue weighted by atomic mass is 9.89. The van der Waals surface area contributed by atoms with Gasteiger partial charge in [0.15, 0.2) is 6.17 Å². The number of benzene rings is 2. The highest BCUT2D eigenvalue weighted by Gasteiger charge is 2.51. The summed E-state index contributed by atoms with van der Waals surface area (Å²) >= 11 is 0. The number of nitrogens with zero attached hydrogens (tertiary/aromatic N) is 3. The van der Waals surface area contributed by atoms with Crippen LogP contribution in [0.1, 0.15) is 11.5 Å². The highest BCUT2D eigenvalue weighted by molar-refractivity contribution is 5.92. The minimum atomic E-state index is -0.361. The zero-order valence-corrected chi connectivity index (χ0v) is 15.0. The standard InChI is InChI=1S/C19H21N5O2/c1-22(2)19-16(12-8-10-13(11-9-12)24(25)26)17-18(21-19)20-14-6-4-5-7-15(14)23(17)3/h4-11,16-18,20H,1-3H3/p+1/t16-,17+,18+/m0/s1. The summed E-state index contributed by atoms with van der Waals surface area (Å²) in [5.41, 5.74) is 3.43. The summed E-state index contributed by atoms with van der Waals surface area (Å²) in [7, 11) is 6.15. The molecule has 0 radical (unpaired) electrons. The van der Waals surface area contributed by atoms with E-state index in [-0.39, 0.29) is 28.7 Å². The monoisotopic (exact) mass is 352 g/mol. The average Bonchev–Trinajstić information content (AvgIpc) is 3.02. The summed E-state index contributed by atoms with van der Waals surface area (Å²) in [6, 6.07) is 15.3. The van der Waals surface area contributed by atoms with E-state index in [1.165, 1.54) is 0 Å². The Morgan fingerprint density at radius 1 is 1.04 bits per heavy atom. The maximum absolute atomic E-state index is 11.0. The molecule has 0 saturated carbocycles. The molecule has 134 valence electrons. The van der Waals surface area contributed by atoms with Crippen molar-refractivity contribution in [2.45, 2.75) is 18.1 Å². The Kier molecular flexibility index (Phi) is 3.79. The number of nitro benzene ring substituents is 1. The molecule has 0 unspecified atom stereocenters. The highest BCUT2D eigenvalue weighted by atomic mass is 16.6. The number of hydrogen-bond acceptors (Lipinski definition) is 4. The van der Waals surface area contributed by atoms with Gasteiger partial charge in [-0.2, -0.15) is 0 Å². The summed E-state index contributed by atoms with van der Waals surface area (Å²) in [5.74, 6) is 1.18. The van der Waals surface area contributed by atoms with Crippen LogP contribution in [0.25, 0.3) is 0 Å². The minimum Gasteiger partial charge on any atom is -0.363 e. The number of rotatable bonds is 2. The Balaban J connectivity index is 1.79. The molecule has 7 heteroatoms. The van der Waals surface area contributed by atoms with E-state index in [1.807, 2.05) is 38.4 Å². The van der Waals surface area contributed by atoms with Gasteiger partial charge in [0.2, 0.25) is 0 Å². The largest absolute Gasteiger partial charge is 0.363 e. The molecule has 2 aliphatic heterocycles. The van der Waals surface area contributed by atoms with Gasteiger partial charge in [0.25, 0.3) is 11.5 Å². The Hall–Kier alpha value is -3.09. The number of nitrogens with one attached hydrogen (secondary N) is 2. The van der Waals surface area contributed by atoms with Gasteiger partial charge >= 0.3 is 0 Å². The molecule has 1 fully saturated rings. The van der Waals surface area contributed by atoms with Crippen molar-refractivity contribution in [1.29, 1.82) is 0 Å². The number of hydrogen-bond donors (Lipinski definition) is 2. The van der Waals surface area contributed by atoms with Crippen LogP contribution in [-0.4, -0.2) is 48.7 Å². The molecule has 2 N–H and O–H groups in total. The molecule has 2 aliphatic rings. The third-order valence-corrected chi connectivity index (χ3v) is 5.27. The lowest BCUT2D eigenvalue weighted by molar-refractivity contribution is -0.468. The normalized spacial score (nSPS) is 23.6. The van der Waals surface area contributed by atoms with Crippen molar-refractivity contribution in [3.63, 3.8) is 0 Å². The SMILES string of the molecule is CN1c2ccccc2N[C@@H]2NC(=[N+](C)C)[C@@H](c3ccc([N+](=O)[O-])cc3)[C@H]21. The Bertz CT molecular complexity index is 889. The maximum Gasteiger partial charge on any atom is 0.269 e. The van der Waals surface area contributed by atoms with Crippen molar-refractivity contribution in [3.8, 4) is 0 Å². The van der Waals surface area contributed by atoms with Gasteiger partial charge in [0.1, 0.15) is 12.0 Å². The number of likely N-dealkylation sites (N-methyl/N-ethyl adjacent to an activating group) is 1. The Morgan fingerprint density at radius 2 is 1.73 bits per heavy atom. The molecular weight excluding hydrogens is 330 g/mol. The number of amidine groups is 1. The number of non-ortho nitro benzene ring substituents is 1. The third kappa shape index (κ3) is 2.47. The minimum absolute atomic E-state index is 0.0625. The molecule has 0 bridgehead atoms. The number of para-hydroxylation sites is 2. The van der Waals surface area contributed by atoms with Crippen LogP contribution in [0.4, 0.5) is 17.1 Å². The zero-order chi connectivity index (χ0) is 18.4. The smallest absolute Gasteiger partial charge is 0.269 e. The van der Waals surface area contributed by atoms with Crippen LogP contribution in [-0.2, 0) is 0 Å². The van der Waals surface area contributed by atoms with Gasteiger partial charge < -0.3 is 10.2 Å². The van der Waals surface area contributed by atoms with Gasteiger partial charge in [-0.15, -0.1) is 0 Å². The average molecular weight is 352 g/mol. The van der Waals surface area contributed by atoms with Crippen LogP contribution < -0.4 is 15.5 Å². The second-order valence-corrected chi connectivity index (χ2v) is 6.99. The molecule has 26 heavy (non-hydrogen) atoms. The molecule has 1 saturated heterocycles. The highest BCUT2D eigenvalue weighted by Crippen LogP contribution is 2.40. The van der Waals surface area contributed by atoms with E-state index < -0.39 is 0 Å². The number of fused-ring (bicyclic) bond motifs is 2.